The molecule has 0 saturated carbocycles. The third-order valence-electron chi connectivity index (χ3n) is 5.12. The van der Waals surface area contributed by atoms with Crippen molar-refractivity contribution in [1.29, 1.82) is 0 Å². The van der Waals surface area contributed by atoms with Crippen molar-refractivity contribution in [2.45, 2.75) is 39.0 Å². The van der Waals surface area contributed by atoms with E-state index in [4.69, 9.17) is 4.98 Å². The zero-order valence-corrected chi connectivity index (χ0v) is 15.0. The highest BCUT2D eigenvalue weighted by molar-refractivity contribution is 5.60. The summed E-state index contributed by atoms with van der Waals surface area (Å²) in [7, 11) is 0. The monoisotopic (exact) mass is 337 g/mol. The number of benzene rings is 1. The summed E-state index contributed by atoms with van der Waals surface area (Å²) in [5, 5.41) is 3.37. The molecule has 0 unspecified atom stereocenters. The summed E-state index contributed by atoms with van der Waals surface area (Å²) in [5.41, 5.74) is 3.36. The minimum atomic E-state index is 0.688. The molecule has 1 aromatic heterocycles. The van der Waals surface area contributed by atoms with Crippen molar-refractivity contribution < 1.29 is 0 Å². The number of aryl methyl sites for hydroxylation is 1. The van der Waals surface area contributed by atoms with Gasteiger partial charge in [-0.15, -0.1) is 0 Å². The van der Waals surface area contributed by atoms with Crippen LogP contribution < -0.4 is 15.1 Å². The van der Waals surface area contributed by atoms with E-state index in [9.17, 15) is 0 Å². The number of nitrogens with zero attached hydrogens (tertiary/aromatic N) is 4. The molecule has 5 heteroatoms. The first-order chi connectivity index (χ1) is 12.3. The number of rotatable bonds is 4. The third kappa shape index (κ3) is 3.86. The molecule has 0 atom stereocenters. The summed E-state index contributed by atoms with van der Waals surface area (Å²) in [6.07, 6.45) is 6.47. The van der Waals surface area contributed by atoms with Crippen LogP contribution in [0.3, 0.4) is 0 Å². The molecule has 5 nitrogen and oxygen atoms in total. The lowest BCUT2D eigenvalue weighted by molar-refractivity contribution is 0.578. The Balaban J connectivity index is 1.47. The second-order valence-electron chi connectivity index (χ2n) is 7.10. The van der Waals surface area contributed by atoms with Gasteiger partial charge in [-0.25, -0.2) is 4.98 Å². The molecule has 2 saturated heterocycles. The normalized spacial score (nSPS) is 17.8. The molecule has 2 aliphatic rings. The molecule has 25 heavy (non-hydrogen) atoms. The maximum Gasteiger partial charge on any atom is 0.229 e. The van der Waals surface area contributed by atoms with Gasteiger partial charge in [-0.1, -0.05) is 0 Å². The first kappa shape index (κ1) is 16.2. The van der Waals surface area contributed by atoms with Gasteiger partial charge in [-0.2, -0.15) is 4.98 Å². The lowest BCUT2D eigenvalue weighted by atomic mass is 10.1. The fourth-order valence-electron chi connectivity index (χ4n) is 3.75. The Hall–Kier alpha value is -2.30. The molecule has 1 N–H and O–H groups in total. The Morgan fingerprint density at radius 2 is 1.44 bits per heavy atom. The quantitative estimate of drug-likeness (QED) is 0.909. The van der Waals surface area contributed by atoms with Crippen LogP contribution in [0.1, 0.15) is 37.8 Å². The molecule has 2 fully saturated rings. The van der Waals surface area contributed by atoms with Crippen molar-refractivity contribution in [1.82, 2.24) is 9.97 Å². The molecule has 0 amide bonds. The molecule has 2 aromatic rings. The molecule has 0 radical (unpaired) electrons. The number of nitrogens with one attached hydrogen (secondary N) is 1. The summed E-state index contributed by atoms with van der Waals surface area (Å²) in [4.78, 5) is 14.1. The van der Waals surface area contributed by atoms with Gasteiger partial charge in [0.15, 0.2) is 0 Å². The molecule has 3 heterocycles. The van der Waals surface area contributed by atoms with Crippen molar-refractivity contribution in [3.63, 3.8) is 0 Å². The zero-order valence-electron chi connectivity index (χ0n) is 15.0. The van der Waals surface area contributed by atoms with Crippen LogP contribution in [0.15, 0.2) is 30.3 Å². The number of aromatic nitrogens is 2. The highest BCUT2D eigenvalue weighted by Crippen LogP contribution is 2.24. The van der Waals surface area contributed by atoms with E-state index in [0.29, 0.717) is 5.95 Å². The van der Waals surface area contributed by atoms with E-state index < -0.39 is 0 Å². The first-order valence-corrected chi connectivity index (χ1v) is 9.51. The van der Waals surface area contributed by atoms with Crippen LogP contribution >= 0.6 is 0 Å². The van der Waals surface area contributed by atoms with Crippen molar-refractivity contribution in [3.05, 3.63) is 36.0 Å². The number of anilines is 4. The molecule has 0 bridgehead atoms. The maximum atomic E-state index is 4.72. The molecule has 0 aliphatic carbocycles. The number of hydrogen-bond acceptors (Lipinski definition) is 5. The average molecular weight is 337 g/mol. The zero-order chi connectivity index (χ0) is 17.1. The Bertz CT molecular complexity index is 701. The van der Waals surface area contributed by atoms with Gasteiger partial charge < -0.3 is 15.1 Å². The van der Waals surface area contributed by atoms with Gasteiger partial charge in [-0.05, 0) is 63.3 Å². The SMILES string of the molecule is Cc1cc(N2CCCC2)nc(Nc2ccc(N3CCCCC3)cc2)n1. The third-order valence-corrected chi connectivity index (χ3v) is 5.12. The van der Waals surface area contributed by atoms with Crippen molar-refractivity contribution in [3.8, 4) is 0 Å². The van der Waals surface area contributed by atoms with Crippen LogP contribution in [0.25, 0.3) is 0 Å². The van der Waals surface area contributed by atoms with E-state index in [0.717, 1.165) is 30.3 Å². The van der Waals surface area contributed by atoms with Gasteiger partial charge >= 0.3 is 0 Å². The lowest BCUT2D eigenvalue weighted by Gasteiger charge is -2.28. The topological polar surface area (TPSA) is 44.3 Å². The molecule has 132 valence electrons. The second-order valence-corrected chi connectivity index (χ2v) is 7.10. The van der Waals surface area contributed by atoms with Crippen molar-refractivity contribution >= 4 is 23.1 Å². The predicted octanol–water partition coefficient (Wildman–Crippen LogP) is 4.12. The maximum absolute atomic E-state index is 4.72. The Morgan fingerprint density at radius 1 is 0.800 bits per heavy atom. The smallest absolute Gasteiger partial charge is 0.229 e. The highest BCUT2D eigenvalue weighted by atomic mass is 15.2. The summed E-state index contributed by atoms with van der Waals surface area (Å²) in [6, 6.07) is 10.7. The van der Waals surface area contributed by atoms with E-state index >= 15 is 0 Å². The van der Waals surface area contributed by atoms with E-state index in [1.165, 1.54) is 50.9 Å². The van der Waals surface area contributed by atoms with Gasteiger partial charge in [0.05, 0.1) is 0 Å². The van der Waals surface area contributed by atoms with Gasteiger partial charge in [-0.3, -0.25) is 0 Å². The lowest BCUT2D eigenvalue weighted by Crippen LogP contribution is -2.29. The predicted molar refractivity (Wildman–Crippen MR) is 104 cm³/mol. The molecule has 2 aliphatic heterocycles. The molecular formula is C20H27N5. The standard InChI is InChI=1S/C20H27N5/c1-16-15-19(25-13-5-6-14-25)23-20(21-16)22-17-7-9-18(10-8-17)24-11-3-2-4-12-24/h7-10,15H,2-6,11-14H2,1H3,(H,21,22,23). The van der Waals surface area contributed by atoms with E-state index in [2.05, 4.69) is 50.4 Å². The Labute approximate surface area is 150 Å². The largest absolute Gasteiger partial charge is 0.372 e. The van der Waals surface area contributed by atoms with Gasteiger partial charge in [0.25, 0.3) is 0 Å². The van der Waals surface area contributed by atoms with Crippen molar-refractivity contribution in [2.75, 3.05) is 41.3 Å². The number of hydrogen-bond donors (Lipinski definition) is 1. The van der Waals surface area contributed by atoms with Crippen LogP contribution in [0.2, 0.25) is 0 Å². The van der Waals surface area contributed by atoms with Crippen LogP contribution in [-0.4, -0.2) is 36.1 Å². The second kappa shape index (κ2) is 7.30. The van der Waals surface area contributed by atoms with Crippen LogP contribution in [-0.2, 0) is 0 Å². The van der Waals surface area contributed by atoms with Crippen molar-refractivity contribution in [2.24, 2.45) is 0 Å². The van der Waals surface area contributed by atoms with Crippen LogP contribution in [0, 0.1) is 6.92 Å². The fraction of sp³-hybridized carbons (Fsp3) is 0.500. The minimum absolute atomic E-state index is 0.688. The van der Waals surface area contributed by atoms with Gasteiger partial charge in [0, 0.05) is 49.3 Å². The molecular weight excluding hydrogens is 310 g/mol. The average Bonchev–Trinajstić information content (AvgIpc) is 3.17. The summed E-state index contributed by atoms with van der Waals surface area (Å²) in [5.74, 6) is 1.73. The molecule has 0 spiro atoms. The van der Waals surface area contributed by atoms with Crippen LogP contribution in [0.4, 0.5) is 23.1 Å². The van der Waals surface area contributed by atoms with E-state index in [1.807, 2.05) is 6.92 Å². The first-order valence-electron chi connectivity index (χ1n) is 9.51. The van der Waals surface area contributed by atoms with Gasteiger partial charge in [0.2, 0.25) is 5.95 Å². The molecule has 1 aromatic carbocycles. The Kier molecular flexibility index (Phi) is 4.72. The van der Waals surface area contributed by atoms with Gasteiger partial charge in [0.1, 0.15) is 5.82 Å². The highest BCUT2D eigenvalue weighted by Gasteiger charge is 2.15. The summed E-state index contributed by atoms with van der Waals surface area (Å²) < 4.78 is 0. The van der Waals surface area contributed by atoms with E-state index in [1.54, 1.807) is 0 Å². The Morgan fingerprint density at radius 3 is 2.16 bits per heavy atom. The summed E-state index contributed by atoms with van der Waals surface area (Å²) >= 11 is 0. The fourth-order valence-corrected chi connectivity index (χ4v) is 3.75. The van der Waals surface area contributed by atoms with E-state index in [-0.39, 0.29) is 0 Å². The van der Waals surface area contributed by atoms with Crippen LogP contribution in [0.5, 0.6) is 0 Å². The summed E-state index contributed by atoms with van der Waals surface area (Å²) in [6.45, 7) is 6.58. The molecule has 4 rings (SSSR count). The number of piperidine rings is 1. The minimum Gasteiger partial charge on any atom is -0.372 e.